The molecule has 0 amide bonds. The van der Waals surface area contributed by atoms with Gasteiger partial charge in [0.05, 0.1) is 11.2 Å². The van der Waals surface area contributed by atoms with Crippen LogP contribution in [0.15, 0.2) is 12.4 Å². The van der Waals surface area contributed by atoms with E-state index in [1.807, 2.05) is 34.0 Å². The van der Waals surface area contributed by atoms with E-state index in [2.05, 4.69) is 5.10 Å². The third-order valence-electron chi connectivity index (χ3n) is 3.48. The Hall–Kier alpha value is -0.805. The number of aliphatic hydroxyl groups is 1. The summed E-state index contributed by atoms with van der Waals surface area (Å²) in [6.07, 6.45) is 3.59. The first-order valence-corrected chi connectivity index (χ1v) is 5.89. The first kappa shape index (κ1) is 14.3. The number of hydrogen-bond donors (Lipinski definition) is 1. The van der Waals surface area contributed by atoms with Crippen molar-refractivity contribution in [1.82, 2.24) is 9.78 Å². The van der Waals surface area contributed by atoms with Crippen LogP contribution < -0.4 is 5.46 Å². The van der Waals surface area contributed by atoms with Crippen LogP contribution in [0.25, 0.3) is 0 Å². The minimum atomic E-state index is -0.917. The Morgan fingerprint density at radius 1 is 1.41 bits per heavy atom. The molecule has 0 aromatic carbocycles. The lowest BCUT2D eigenvalue weighted by molar-refractivity contribution is -0.126. The molecule has 5 heteroatoms. The summed E-state index contributed by atoms with van der Waals surface area (Å²) in [6.45, 7) is 9.53. The van der Waals surface area contributed by atoms with E-state index in [-0.39, 0.29) is 5.92 Å². The van der Waals surface area contributed by atoms with Crippen LogP contribution in [0.1, 0.15) is 34.6 Å². The molecule has 0 bridgehead atoms. The maximum atomic E-state index is 10.2. The highest BCUT2D eigenvalue weighted by Crippen LogP contribution is 2.32. The van der Waals surface area contributed by atoms with Crippen molar-refractivity contribution in [2.24, 2.45) is 13.0 Å². The third kappa shape index (κ3) is 3.10. The number of aryl methyl sites for hydroxylation is 1. The van der Waals surface area contributed by atoms with E-state index in [1.165, 1.54) is 0 Å². The Bertz CT molecular complexity index is 371. The van der Waals surface area contributed by atoms with Gasteiger partial charge in [-0.2, -0.15) is 5.10 Å². The van der Waals surface area contributed by atoms with Gasteiger partial charge in [0.1, 0.15) is 0 Å². The second-order valence-corrected chi connectivity index (χ2v) is 5.50. The first-order chi connectivity index (χ1) is 7.67. The van der Waals surface area contributed by atoms with E-state index < -0.39 is 11.2 Å². The fourth-order valence-electron chi connectivity index (χ4n) is 1.68. The second-order valence-electron chi connectivity index (χ2n) is 5.50. The monoisotopic (exact) mass is 237 g/mol. The van der Waals surface area contributed by atoms with Gasteiger partial charge in [0.15, 0.2) is 0 Å². The van der Waals surface area contributed by atoms with E-state index in [4.69, 9.17) is 4.65 Å². The Kier molecular flexibility index (Phi) is 4.04. The molecule has 0 fully saturated rings. The van der Waals surface area contributed by atoms with Crippen molar-refractivity contribution in [3.8, 4) is 0 Å². The fraction of sp³-hybridized carbons (Fsp3) is 0.750. The summed E-state index contributed by atoms with van der Waals surface area (Å²) >= 11 is 0. The van der Waals surface area contributed by atoms with Gasteiger partial charge in [0.25, 0.3) is 0 Å². The van der Waals surface area contributed by atoms with Crippen LogP contribution in [0.2, 0.25) is 0 Å². The molecule has 0 aliphatic carbocycles. The average Bonchev–Trinajstić information content (AvgIpc) is 2.58. The second kappa shape index (κ2) is 4.82. The van der Waals surface area contributed by atoms with E-state index in [9.17, 15) is 5.11 Å². The van der Waals surface area contributed by atoms with Crippen molar-refractivity contribution >= 4 is 12.9 Å². The fourth-order valence-corrected chi connectivity index (χ4v) is 1.68. The molecular formula is C12H22BN2O2. The molecule has 1 rings (SSSR count). The molecule has 17 heavy (non-hydrogen) atoms. The molecular weight excluding hydrogens is 215 g/mol. The predicted octanol–water partition coefficient (Wildman–Crippen LogP) is 0.867. The highest BCUT2D eigenvalue weighted by atomic mass is 16.5. The van der Waals surface area contributed by atoms with Gasteiger partial charge in [-0.3, -0.25) is 4.68 Å². The Morgan fingerprint density at radius 3 is 2.35 bits per heavy atom. The molecule has 1 N–H and O–H groups in total. The van der Waals surface area contributed by atoms with Crippen LogP contribution in [-0.2, 0) is 11.7 Å². The molecule has 0 spiro atoms. The van der Waals surface area contributed by atoms with Gasteiger partial charge in [-0.05, 0) is 32.2 Å². The zero-order chi connectivity index (χ0) is 13.3. The molecule has 1 aromatic rings. The van der Waals surface area contributed by atoms with Gasteiger partial charge in [0.2, 0.25) is 0 Å². The average molecular weight is 237 g/mol. The number of aromatic nitrogens is 2. The molecule has 0 aliphatic heterocycles. The minimum Gasteiger partial charge on any atom is -0.426 e. The quantitative estimate of drug-likeness (QED) is 0.773. The zero-order valence-electron chi connectivity index (χ0n) is 11.6. The Morgan fingerprint density at radius 2 is 2.00 bits per heavy atom. The maximum Gasteiger partial charge on any atom is 0.334 e. The Labute approximate surface area is 104 Å². The van der Waals surface area contributed by atoms with Crippen molar-refractivity contribution in [3.05, 3.63) is 12.4 Å². The topological polar surface area (TPSA) is 47.3 Å². The largest absolute Gasteiger partial charge is 0.426 e. The molecule has 1 aromatic heterocycles. The van der Waals surface area contributed by atoms with Gasteiger partial charge in [-0.15, -0.1) is 0 Å². The van der Waals surface area contributed by atoms with Crippen molar-refractivity contribution in [2.75, 3.05) is 0 Å². The van der Waals surface area contributed by atoms with Crippen LogP contribution in [0.4, 0.5) is 0 Å². The van der Waals surface area contributed by atoms with E-state index in [0.717, 1.165) is 5.46 Å². The molecule has 1 unspecified atom stereocenters. The number of nitrogens with zero attached hydrogens (tertiary/aromatic N) is 2. The SMILES string of the molecule is CC(C)C(C)(O[B]c1cnn(C)c1)C(C)(C)O. The highest BCUT2D eigenvalue weighted by molar-refractivity contribution is 6.46. The van der Waals surface area contributed by atoms with Gasteiger partial charge in [-0.1, -0.05) is 13.8 Å². The highest BCUT2D eigenvalue weighted by Gasteiger charge is 2.43. The summed E-state index contributed by atoms with van der Waals surface area (Å²) in [6, 6.07) is 0. The van der Waals surface area contributed by atoms with Crippen LogP contribution in [0.3, 0.4) is 0 Å². The van der Waals surface area contributed by atoms with Gasteiger partial charge in [0, 0.05) is 19.4 Å². The van der Waals surface area contributed by atoms with Crippen molar-refractivity contribution < 1.29 is 9.76 Å². The zero-order valence-corrected chi connectivity index (χ0v) is 11.6. The normalized spacial score (nSPS) is 16.0. The molecule has 0 saturated carbocycles. The molecule has 0 aliphatic rings. The van der Waals surface area contributed by atoms with E-state index >= 15 is 0 Å². The summed E-state index contributed by atoms with van der Waals surface area (Å²) in [5.74, 6) is 0.190. The molecule has 4 nitrogen and oxygen atoms in total. The van der Waals surface area contributed by atoms with Crippen LogP contribution in [-0.4, -0.2) is 33.6 Å². The first-order valence-electron chi connectivity index (χ1n) is 5.89. The smallest absolute Gasteiger partial charge is 0.334 e. The van der Waals surface area contributed by atoms with Gasteiger partial charge in [-0.25, -0.2) is 0 Å². The molecule has 95 valence electrons. The summed E-state index contributed by atoms with van der Waals surface area (Å²) in [5, 5.41) is 14.3. The minimum absolute atomic E-state index is 0.190. The molecule has 1 atom stereocenters. The van der Waals surface area contributed by atoms with Gasteiger partial charge >= 0.3 is 7.48 Å². The summed E-state index contributed by atoms with van der Waals surface area (Å²) < 4.78 is 7.54. The lowest BCUT2D eigenvalue weighted by Crippen LogP contribution is -2.55. The molecule has 0 saturated heterocycles. The van der Waals surface area contributed by atoms with E-state index in [1.54, 1.807) is 32.2 Å². The molecule has 1 heterocycles. The van der Waals surface area contributed by atoms with Crippen LogP contribution >= 0.6 is 0 Å². The Balaban J connectivity index is 2.75. The number of hydrogen-bond acceptors (Lipinski definition) is 3. The van der Waals surface area contributed by atoms with Crippen LogP contribution in [0, 0.1) is 5.92 Å². The predicted molar refractivity (Wildman–Crippen MR) is 69.2 cm³/mol. The summed E-state index contributed by atoms with van der Waals surface area (Å²) in [4.78, 5) is 0. The number of rotatable bonds is 5. The van der Waals surface area contributed by atoms with Crippen molar-refractivity contribution in [1.29, 1.82) is 0 Å². The van der Waals surface area contributed by atoms with Gasteiger partial charge < -0.3 is 9.76 Å². The molecule has 1 radical (unpaired) electrons. The van der Waals surface area contributed by atoms with Crippen LogP contribution in [0.5, 0.6) is 0 Å². The lowest BCUT2D eigenvalue weighted by atomic mass is 9.76. The maximum absolute atomic E-state index is 10.2. The van der Waals surface area contributed by atoms with Crippen molar-refractivity contribution in [2.45, 2.75) is 45.8 Å². The lowest BCUT2D eigenvalue weighted by Gasteiger charge is -2.44. The van der Waals surface area contributed by atoms with E-state index in [0.29, 0.717) is 0 Å². The van der Waals surface area contributed by atoms with Crippen molar-refractivity contribution in [3.63, 3.8) is 0 Å². The summed E-state index contributed by atoms with van der Waals surface area (Å²) in [7, 11) is 3.51. The summed E-state index contributed by atoms with van der Waals surface area (Å²) in [5.41, 5.74) is -0.661. The standard InChI is InChI=1S/C12H22BN2O2/c1-9(2)12(5,11(3,4)16)17-13-10-7-14-15(6)8-10/h7-9,16H,1-6H3. The third-order valence-corrected chi connectivity index (χ3v) is 3.48.